The number of benzene rings is 2. The summed E-state index contributed by atoms with van der Waals surface area (Å²) in [5.41, 5.74) is 2.23. The molecule has 1 fully saturated rings. The van der Waals surface area contributed by atoms with E-state index in [0.29, 0.717) is 16.9 Å². The summed E-state index contributed by atoms with van der Waals surface area (Å²) < 4.78 is 0.912. The van der Waals surface area contributed by atoms with Crippen LogP contribution in [0.3, 0.4) is 0 Å². The number of hydrogen-bond donors (Lipinski definition) is 1. The Labute approximate surface area is 176 Å². The maximum Gasteiger partial charge on any atom is 0.254 e. The third kappa shape index (κ3) is 4.71. The van der Waals surface area contributed by atoms with Crippen molar-refractivity contribution in [2.45, 2.75) is 19.8 Å². The molecule has 3 rings (SSSR count). The van der Waals surface area contributed by atoms with Gasteiger partial charge in [0.15, 0.2) is 0 Å². The van der Waals surface area contributed by atoms with E-state index in [1.54, 1.807) is 24.3 Å². The number of hydrogen-bond acceptors (Lipinski definition) is 4. The fraction of sp³-hybridized carbons (Fsp3) is 0.238. The van der Waals surface area contributed by atoms with Crippen LogP contribution in [0.1, 0.15) is 28.8 Å². The number of carbonyl (C=O) groups excluding carboxylic acids is 4. The molecule has 0 aromatic heterocycles. The van der Waals surface area contributed by atoms with Gasteiger partial charge in [-0.2, -0.15) is 0 Å². The molecule has 0 radical (unpaired) electrons. The highest BCUT2D eigenvalue weighted by atomic mass is 79.9. The molecule has 0 aliphatic carbocycles. The summed E-state index contributed by atoms with van der Waals surface area (Å²) in [4.78, 5) is 51.3. The normalized spacial score (nSPS) is 13.6. The van der Waals surface area contributed by atoms with Crippen LogP contribution < -0.4 is 10.2 Å². The summed E-state index contributed by atoms with van der Waals surface area (Å²) in [5, 5.41) is 2.79. The van der Waals surface area contributed by atoms with Crippen molar-refractivity contribution in [2.75, 3.05) is 23.8 Å². The number of imide groups is 1. The molecule has 1 heterocycles. The maximum absolute atomic E-state index is 12.7. The first-order valence-electron chi connectivity index (χ1n) is 9.03. The van der Waals surface area contributed by atoms with Crippen LogP contribution in [0, 0.1) is 6.92 Å². The van der Waals surface area contributed by atoms with E-state index in [1.165, 1.54) is 18.0 Å². The Kier molecular flexibility index (Phi) is 6.12. The Morgan fingerprint density at radius 1 is 1.10 bits per heavy atom. The standard InChI is InChI=1S/C21H20BrN3O4/c1-13-10-15(22)6-7-17(13)23-18(26)12-24(2)21(29)14-4-3-5-16(11-14)25-19(27)8-9-20(25)28/h3-7,10-11H,8-9,12H2,1-2H3,(H,23,26). The van der Waals surface area contributed by atoms with Crippen LogP contribution >= 0.6 is 15.9 Å². The second kappa shape index (κ2) is 8.57. The lowest BCUT2D eigenvalue weighted by molar-refractivity contribution is -0.121. The molecule has 0 spiro atoms. The van der Waals surface area contributed by atoms with Crippen molar-refractivity contribution in [3.8, 4) is 0 Å². The number of nitrogens with one attached hydrogen (secondary N) is 1. The first kappa shape index (κ1) is 20.7. The predicted octanol–water partition coefficient (Wildman–Crippen LogP) is 3.12. The first-order chi connectivity index (χ1) is 13.8. The molecular formula is C21H20BrN3O4. The van der Waals surface area contributed by atoms with Crippen LogP contribution in [0.25, 0.3) is 0 Å². The maximum atomic E-state index is 12.7. The number of aryl methyl sites for hydroxylation is 1. The van der Waals surface area contributed by atoms with Gasteiger partial charge in [0.1, 0.15) is 0 Å². The molecule has 0 unspecified atom stereocenters. The van der Waals surface area contributed by atoms with E-state index in [4.69, 9.17) is 0 Å². The fourth-order valence-electron chi connectivity index (χ4n) is 3.11. The Balaban J connectivity index is 1.68. The monoisotopic (exact) mass is 457 g/mol. The lowest BCUT2D eigenvalue weighted by atomic mass is 10.1. The quantitative estimate of drug-likeness (QED) is 0.698. The van der Waals surface area contributed by atoms with Crippen LogP contribution in [0.15, 0.2) is 46.9 Å². The molecule has 4 amide bonds. The highest BCUT2D eigenvalue weighted by Crippen LogP contribution is 2.24. The molecular weight excluding hydrogens is 438 g/mol. The van der Waals surface area contributed by atoms with Gasteiger partial charge in [-0.05, 0) is 48.9 Å². The van der Waals surface area contributed by atoms with Gasteiger partial charge >= 0.3 is 0 Å². The van der Waals surface area contributed by atoms with Gasteiger partial charge in [0.25, 0.3) is 5.91 Å². The number of carbonyl (C=O) groups is 4. The smallest absolute Gasteiger partial charge is 0.254 e. The van der Waals surface area contributed by atoms with Gasteiger partial charge in [0.2, 0.25) is 17.7 Å². The van der Waals surface area contributed by atoms with Gasteiger partial charge in [0.05, 0.1) is 12.2 Å². The lowest BCUT2D eigenvalue weighted by Gasteiger charge is -2.19. The van der Waals surface area contributed by atoms with Gasteiger partial charge in [0, 0.05) is 35.6 Å². The third-order valence-electron chi connectivity index (χ3n) is 4.59. The highest BCUT2D eigenvalue weighted by molar-refractivity contribution is 9.10. The van der Waals surface area contributed by atoms with Crippen molar-refractivity contribution in [2.24, 2.45) is 0 Å². The summed E-state index contributed by atoms with van der Waals surface area (Å²) >= 11 is 3.37. The number of halogens is 1. The van der Waals surface area contributed by atoms with Crippen molar-refractivity contribution >= 4 is 50.9 Å². The average molecular weight is 458 g/mol. The zero-order chi connectivity index (χ0) is 21.1. The highest BCUT2D eigenvalue weighted by Gasteiger charge is 2.30. The molecule has 1 aliphatic heterocycles. The molecule has 29 heavy (non-hydrogen) atoms. The van der Waals surface area contributed by atoms with Crippen LogP contribution in [0.5, 0.6) is 0 Å². The minimum atomic E-state index is -0.381. The molecule has 0 saturated carbocycles. The van der Waals surface area contributed by atoms with Gasteiger partial charge in [-0.25, -0.2) is 0 Å². The zero-order valence-corrected chi connectivity index (χ0v) is 17.7. The van der Waals surface area contributed by atoms with Gasteiger partial charge in [-0.3, -0.25) is 24.1 Å². The van der Waals surface area contributed by atoms with E-state index in [2.05, 4.69) is 21.2 Å². The molecule has 1 N–H and O–H groups in total. The Morgan fingerprint density at radius 2 is 1.79 bits per heavy atom. The van der Waals surface area contributed by atoms with E-state index in [9.17, 15) is 19.2 Å². The Bertz CT molecular complexity index is 989. The summed E-state index contributed by atoms with van der Waals surface area (Å²) in [7, 11) is 1.52. The molecule has 7 nitrogen and oxygen atoms in total. The zero-order valence-electron chi connectivity index (χ0n) is 16.1. The Morgan fingerprint density at radius 3 is 2.45 bits per heavy atom. The van der Waals surface area contributed by atoms with Crippen molar-refractivity contribution < 1.29 is 19.2 Å². The molecule has 1 saturated heterocycles. The molecule has 0 atom stereocenters. The molecule has 150 valence electrons. The Hall–Kier alpha value is -3.00. The molecule has 2 aromatic rings. The summed E-state index contributed by atoms with van der Waals surface area (Å²) in [5.74, 6) is -1.27. The average Bonchev–Trinajstić information content (AvgIpc) is 3.01. The largest absolute Gasteiger partial charge is 0.332 e. The van der Waals surface area contributed by atoms with E-state index < -0.39 is 0 Å². The molecule has 8 heteroatoms. The SMILES string of the molecule is Cc1cc(Br)ccc1NC(=O)CN(C)C(=O)c1cccc(N2C(=O)CCC2=O)c1. The second-order valence-corrected chi connectivity index (χ2v) is 7.76. The minimum absolute atomic E-state index is 0.139. The van der Waals surface area contributed by atoms with Crippen LogP contribution in [-0.2, 0) is 14.4 Å². The van der Waals surface area contributed by atoms with Crippen molar-refractivity contribution in [3.05, 3.63) is 58.1 Å². The van der Waals surface area contributed by atoms with Crippen molar-refractivity contribution in [1.29, 1.82) is 0 Å². The number of anilines is 2. The third-order valence-corrected chi connectivity index (χ3v) is 5.09. The second-order valence-electron chi connectivity index (χ2n) is 6.84. The number of nitrogens with zero attached hydrogens (tertiary/aromatic N) is 2. The van der Waals surface area contributed by atoms with Crippen molar-refractivity contribution in [1.82, 2.24) is 4.90 Å². The molecule has 0 bridgehead atoms. The number of likely N-dealkylation sites (N-methyl/N-ethyl adjacent to an activating group) is 1. The summed E-state index contributed by atoms with van der Waals surface area (Å²) in [6, 6.07) is 11.8. The van der Waals surface area contributed by atoms with E-state index in [-0.39, 0.29) is 43.0 Å². The summed E-state index contributed by atoms with van der Waals surface area (Å²) in [6.45, 7) is 1.74. The number of rotatable bonds is 5. The van der Waals surface area contributed by atoms with E-state index >= 15 is 0 Å². The van der Waals surface area contributed by atoms with E-state index in [0.717, 1.165) is 14.9 Å². The first-order valence-corrected chi connectivity index (χ1v) is 9.83. The van der Waals surface area contributed by atoms with Gasteiger partial charge in [-0.1, -0.05) is 22.0 Å². The van der Waals surface area contributed by atoms with Gasteiger partial charge in [-0.15, -0.1) is 0 Å². The summed E-state index contributed by atoms with van der Waals surface area (Å²) in [6.07, 6.45) is 0.346. The van der Waals surface area contributed by atoms with Crippen molar-refractivity contribution in [3.63, 3.8) is 0 Å². The van der Waals surface area contributed by atoms with E-state index in [1.807, 2.05) is 19.1 Å². The molecule has 1 aliphatic rings. The minimum Gasteiger partial charge on any atom is -0.332 e. The predicted molar refractivity (Wildman–Crippen MR) is 113 cm³/mol. The molecule has 2 aromatic carbocycles. The topological polar surface area (TPSA) is 86.8 Å². The van der Waals surface area contributed by atoms with Crippen LogP contribution in [-0.4, -0.2) is 42.1 Å². The number of amides is 4. The lowest BCUT2D eigenvalue weighted by Crippen LogP contribution is -2.35. The van der Waals surface area contributed by atoms with Gasteiger partial charge < -0.3 is 10.2 Å². The fourth-order valence-corrected chi connectivity index (χ4v) is 3.58. The van der Waals surface area contributed by atoms with Crippen LogP contribution in [0.2, 0.25) is 0 Å². The van der Waals surface area contributed by atoms with Crippen LogP contribution in [0.4, 0.5) is 11.4 Å².